The summed E-state index contributed by atoms with van der Waals surface area (Å²) in [6.07, 6.45) is 1.60. The molecule has 2 atom stereocenters. The third-order valence-electron chi connectivity index (χ3n) is 2.78. The average molecular weight is 267 g/mol. The molecule has 1 aromatic heterocycles. The summed E-state index contributed by atoms with van der Waals surface area (Å²) in [7, 11) is 3.83. The molecule has 0 fully saturated rings. The van der Waals surface area contributed by atoms with Crippen LogP contribution < -0.4 is 10.6 Å². The van der Waals surface area contributed by atoms with Crippen molar-refractivity contribution in [2.45, 2.75) is 25.9 Å². The van der Waals surface area contributed by atoms with E-state index in [9.17, 15) is 9.59 Å². The fraction of sp³-hybridized carbons (Fsp3) is 0.538. The van der Waals surface area contributed by atoms with E-state index in [1.807, 2.05) is 31.1 Å². The van der Waals surface area contributed by atoms with Gasteiger partial charge in [0, 0.05) is 13.5 Å². The van der Waals surface area contributed by atoms with E-state index in [1.165, 1.54) is 6.92 Å². The zero-order chi connectivity index (χ0) is 14.4. The molecule has 1 rings (SSSR count). The molecule has 0 aliphatic rings. The van der Waals surface area contributed by atoms with Crippen LogP contribution in [0.15, 0.2) is 22.8 Å². The van der Waals surface area contributed by atoms with Crippen molar-refractivity contribution in [1.29, 1.82) is 0 Å². The predicted molar refractivity (Wildman–Crippen MR) is 71.4 cm³/mol. The lowest BCUT2D eigenvalue weighted by Crippen LogP contribution is -2.46. The first kappa shape index (κ1) is 15.2. The Kier molecular flexibility index (Phi) is 5.57. The van der Waals surface area contributed by atoms with Crippen LogP contribution in [0.5, 0.6) is 0 Å². The van der Waals surface area contributed by atoms with Crippen molar-refractivity contribution in [3.8, 4) is 0 Å². The van der Waals surface area contributed by atoms with Crippen LogP contribution in [-0.4, -0.2) is 43.4 Å². The maximum absolute atomic E-state index is 11.8. The Balaban J connectivity index is 2.53. The van der Waals surface area contributed by atoms with Crippen LogP contribution in [0.25, 0.3) is 0 Å². The van der Waals surface area contributed by atoms with E-state index in [4.69, 9.17) is 4.42 Å². The second kappa shape index (κ2) is 6.94. The van der Waals surface area contributed by atoms with Gasteiger partial charge in [0.1, 0.15) is 11.8 Å². The highest BCUT2D eigenvalue weighted by Crippen LogP contribution is 2.17. The minimum Gasteiger partial charge on any atom is -0.468 e. The number of hydrogen-bond donors (Lipinski definition) is 2. The van der Waals surface area contributed by atoms with Crippen molar-refractivity contribution in [1.82, 2.24) is 15.5 Å². The highest BCUT2D eigenvalue weighted by Gasteiger charge is 2.20. The van der Waals surface area contributed by atoms with E-state index < -0.39 is 6.04 Å². The Hall–Kier alpha value is -1.82. The molecular formula is C13H21N3O3. The number of amides is 2. The van der Waals surface area contributed by atoms with Gasteiger partial charge in [0.2, 0.25) is 11.8 Å². The highest BCUT2D eigenvalue weighted by atomic mass is 16.3. The second-order valence-corrected chi connectivity index (χ2v) is 4.66. The molecule has 0 saturated heterocycles. The van der Waals surface area contributed by atoms with Gasteiger partial charge in [-0.3, -0.25) is 14.5 Å². The molecule has 0 spiro atoms. The van der Waals surface area contributed by atoms with Gasteiger partial charge in [-0.2, -0.15) is 0 Å². The normalized spacial score (nSPS) is 13.9. The Morgan fingerprint density at radius 3 is 2.58 bits per heavy atom. The van der Waals surface area contributed by atoms with Crippen molar-refractivity contribution in [2.24, 2.45) is 0 Å². The van der Waals surface area contributed by atoms with Crippen LogP contribution in [0.2, 0.25) is 0 Å². The van der Waals surface area contributed by atoms with Crippen LogP contribution >= 0.6 is 0 Å². The number of nitrogens with zero attached hydrogens (tertiary/aromatic N) is 1. The second-order valence-electron chi connectivity index (χ2n) is 4.66. The van der Waals surface area contributed by atoms with Crippen molar-refractivity contribution in [3.63, 3.8) is 0 Å². The summed E-state index contributed by atoms with van der Waals surface area (Å²) in [4.78, 5) is 24.6. The maximum Gasteiger partial charge on any atom is 0.242 e. The number of carbonyl (C=O) groups is 2. The topological polar surface area (TPSA) is 74.6 Å². The van der Waals surface area contributed by atoms with Crippen molar-refractivity contribution in [2.75, 3.05) is 20.6 Å². The van der Waals surface area contributed by atoms with Crippen LogP contribution in [0.3, 0.4) is 0 Å². The van der Waals surface area contributed by atoms with Gasteiger partial charge in [-0.25, -0.2) is 0 Å². The van der Waals surface area contributed by atoms with Crippen LogP contribution in [0.1, 0.15) is 25.6 Å². The number of carbonyl (C=O) groups excluding carboxylic acids is 2. The molecule has 6 heteroatoms. The van der Waals surface area contributed by atoms with E-state index in [-0.39, 0.29) is 17.9 Å². The Morgan fingerprint density at radius 2 is 2.11 bits per heavy atom. The lowest BCUT2D eigenvalue weighted by Gasteiger charge is -2.23. The van der Waals surface area contributed by atoms with Gasteiger partial charge in [-0.15, -0.1) is 0 Å². The minimum absolute atomic E-state index is 0.0384. The summed E-state index contributed by atoms with van der Waals surface area (Å²) in [5, 5.41) is 5.34. The molecule has 19 heavy (non-hydrogen) atoms. The lowest BCUT2D eigenvalue weighted by atomic mass is 10.2. The van der Waals surface area contributed by atoms with Crippen molar-refractivity contribution >= 4 is 11.8 Å². The van der Waals surface area contributed by atoms with Gasteiger partial charge < -0.3 is 15.1 Å². The molecule has 1 heterocycles. The quantitative estimate of drug-likeness (QED) is 0.788. The summed E-state index contributed by atoms with van der Waals surface area (Å²) in [5.74, 6) is 0.351. The molecule has 0 aromatic carbocycles. The van der Waals surface area contributed by atoms with Gasteiger partial charge in [0.25, 0.3) is 0 Å². The number of likely N-dealkylation sites (N-methyl/N-ethyl adjacent to an activating group) is 1. The van der Waals surface area contributed by atoms with Crippen LogP contribution in [0.4, 0.5) is 0 Å². The zero-order valence-corrected chi connectivity index (χ0v) is 11.8. The Labute approximate surface area is 113 Å². The highest BCUT2D eigenvalue weighted by molar-refractivity contribution is 5.86. The minimum atomic E-state index is -0.545. The largest absolute Gasteiger partial charge is 0.468 e. The van der Waals surface area contributed by atoms with Crippen molar-refractivity contribution in [3.05, 3.63) is 24.2 Å². The van der Waals surface area contributed by atoms with Gasteiger partial charge in [0.05, 0.1) is 12.3 Å². The molecule has 6 nitrogen and oxygen atoms in total. The number of nitrogens with one attached hydrogen (secondary N) is 2. The number of hydrogen-bond acceptors (Lipinski definition) is 4. The van der Waals surface area contributed by atoms with Crippen LogP contribution in [0, 0.1) is 0 Å². The third-order valence-corrected chi connectivity index (χ3v) is 2.78. The first-order valence-corrected chi connectivity index (χ1v) is 6.16. The van der Waals surface area contributed by atoms with E-state index in [0.29, 0.717) is 6.54 Å². The van der Waals surface area contributed by atoms with Gasteiger partial charge >= 0.3 is 0 Å². The first-order valence-electron chi connectivity index (χ1n) is 6.16. The smallest absolute Gasteiger partial charge is 0.242 e. The van der Waals surface area contributed by atoms with E-state index in [0.717, 1.165) is 5.76 Å². The van der Waals surface area contributed by atoms with E-state index in [1.54, 1.807) is 13.2 Å². The molecule has 106 valence electrons. The lowest BCUT2D eigenvalue weighted by molar-refractivity contribution is -0.127. The standard InChI is InChI=1S/C13H21N3O3/c1-9(15-10(2)17)13(18)14-8-11(16(3)4)12-6-5-7-19-12/h5-7,9,11H,8H2,1-4H3,(H,14,18)(H,15,17). The van der Waals surface area contributed by atoms with Crippen molar-refractivity contribution < 1.29 is 14.0 Å². The summed E-state index contributed by atoms with van der Waals surface area (Å²) < 4.78 is 5.35. The molecule has 2 unspecified atom stereocenters. The molecule has 2 N–H and O–H groups in total. The maximum atomic E-state index is 11.8. The third kappa shape index (κ3) is 4.75. The Bertz CT molecular complexity index is 415. The first-order chi connectivity index (χ1) is 8.91. The molecule has 0 bridgehead atoms. The monoisotopic (exact) mass is 267 g/mol. The number of furan rings is 1. The van der Waals surface area contributed by atoms with Gasteiger partial charge in [0.15, 0.2) is 0 Å². The fourth-order valence-electron chi connectivity index (χ4n) is 1.74. The molecule has 0 aliphatic heterocycles. The number of rotatable bonds is 6. The molecule has 0 saturated carbocycles. The average Bonchev–Trinajstić information content (AvgIpc) is 2.81. The molecule has 1 aromatic rings. The van der Waals surface area contributed by atoms with Gasteiger partial charge in [-0.05, 0) is 33.2 Å². The fourth-order valence-corrected chi connectivity index (χ4v) is 1.74. The summed E-state index contributed by atoms with van der Waals surface area (Å²) in [5.41, 5.74) is 0. The molecule has 2 amide bonds. The van der Waals surface area contributed by atoms with E-state index in [2.05, 4.69) is 10.6 Å². The molecule has 0 radical (unpaired) electrons. The van der Waals surface area contributed by atoms with E-state index >= 15 is 0 Å². The zero-order valence-electron chi connectivity index (χ0n) is 11.8. The summed E-state index contributed by atoms with van der Waals surface area (Å²) in [6.45, 7) is 3.45. The summed E-state index contributed by atoms with van der Waals surface area (Å²) in [6, 6.07) is 3.10. The SMILES string of the molecule is CC(=O)NC(C)C(=O)NCC(c1ccco1)N(C)C. The van der Waals surface area contributed by atoms with Crippen LogP contribution in [-0.2, 0) is 9.59 Å². The van der Waals surface area contributed by atoms with Gasteiger partial charge in [-0.1, -0.05) is 0 Å². The molecular weight excluding hydrogens is 246 g/mol. The predicted octanol–water partition coefficient (Wildman–Crippen LogP) is 0.523. The Morgan fingerprint density at radius 1 is 1.42 bits per heavy atom. The summed E-state index contributed by atoms with van der Waals surface area (Å²) >= 11 is 0. The molecule has 0 aliphatic carbocycles.